The third kappa shape index (κ3) is 2.79. The van der Waals surface area contributed by atoms with Crippen molar-refractivity contribution in [3.8, 4) is 0 Å². The summed E-state index contributed by atoms with van der Waals surface area (Å²) in [5, 5.41) is 5.44. The highest BCUT2D eigenvalue weighted by Crippen LogP contribution is 2.24. The van der Waals surface area contributed by atoms with E-state index in [4.69, 9.17) is 0 Å². The van der Waals surface area contributed by atoms with E-state index in [-0.39, 0.29) is 11.9 Å². The van der Waals surface area contributed by atoms with Gasteiger partial charge >= 0.3 is 0 Å². The van der Waals surface area contributed by atoms with Crippen molar-refractivity contribution in [2.45, 2.75) is 13.0 Å². The summed E-state index contributed by atoms with van der Waals surface area (Å²) in [6.45, 7) is 2.02. The zero-order valence-corrected chi connectivity index (χ0v) is 11.9. The van der Waals surface area contributed by atoms with Gasteiger partial charge in [-0.3, -0.25) is 4.79 Å². The van der Waals surface area contributed by atoms with Crippen molar-refractivity contribution in [1.82, 2.24) is 5.32 Å². The molecule has 0 aromatic heterocycles. The van der Waals surface area contributed by atoms with Crippen LogP contribution in [0.5, 0.6) is 0 Å². The van der Waals surface area contributed by atoms with Crippen molar-refractivity contribution < 1.29 is 4.79 Å². The number of nitrogens with one attached hydrogen (secondary N) is 1. The van der Waals surface area contributed by atoms with Crippen molar-refractivity contribution in [1.29, 1.82) is 0 Å². The van der Waals surface area contributed by atoms with E-state index in [1.165, 1.54) is 10.8 Å². The quantitative estimate of drug-likeness (QED) is 0.757. The molecule has 3 aromatic carbocycles. The van der Waals surface area contributed by atoms with Crippen LogP contribution >= 0.6 is 0 Å². The molecule has 0 spiro atoms. The average Bonchev–Trinajstić information content (AvgIpc) is 2.55. The molecule has 104 valence electrons. The number of amides is 1. The van der Waals surface area contributed by atoms with E-state index >= 15 is 0 Å². The molecule has 1 atom stereocenters. The lowest BCUT2D eigenvalue weighted by molar-refractivity contribution is 0.0940. The number of hydrogen-bond donors (Lipinski definition) is 1. The summed E-state index contributed by atoms with van der Waals surface area (Å²) >= 11 is 0. The standard InChI is InChI=1S/C19H17NO/c1-14(20-19(21)16-9-3-2-4-10-16)17-13-7-11-15-8-5-6-12-18(15)17/h2-14H,1H3,(H,20,21). The molecule has 1 amide bonds. The van der Waals surface area contributed by atoms with Gasteiger partial charge in [0.15, 0.2) is 0 Å². The molecule has 2 nitrogen and oxygen atoms in total. The van der Waals surface area contributed by atoms with Crippen molar-refractivity contribution in [3.63, 3.8) is 0 Å². The molecule has 0 heterocycles. The Bertz CT molecular complexity index is 759. The van der Waals surface area contributed by atoms with Gasteiger partial charge in [-0.05, 0) is 35.4 Å². The van der Waals surface area contributed by atoms with Crippen LogP contribution in [-0.2, 0) is 0 Å². The van der Waals surface area contributed by atoms with Crippen LogP contribution in [0.1, 0.15) is 28.9 Å². The molecule has 0 bridgehead atoms. The fraction of sp³-hybridized carbons (Fsp3) is 0.105. The molecule has 0 aliphatic heterocycles. The van der Waals surface area contributed by atoms with E-state index in [9.17, 15) is 4.79 Å². The maximum absolute atomic E-state index is 12.3. The van der Waals surface area contributed by atoms with Crippen LogP contribution in [0.15, 0.2) is 72.8 Å². The molecule has 2 heteroatoms. The first-order chi connectivity index (χ1) is 10.3. The predicted molar refractivity (Wildman–Crippen MR) is 86.3 cm³/mol. The molecule has 3 rings (SSSR count). The van der Waals surface area contributed by atoms with Gasteiger partial charge < -0.3 is 5.32 Å². The zero-order valence-electron chi connectivity index (χ0n) is 11.9. The van der Waals surface area contributed by atoms with Gasteiger partial charge in [0.1, 0.15) is 0 Å². The highest BCUT2D eigenvalue weighted by Gasteiger charge is 2.13. The molecular weight excluding hydrogens is 258 g/mol. The van der Waals surface area contributed by atoms with Gasteiger partial charge in [-0.15, -0.1) is 0 Å². The molecule has 0 radical (unpaired) electrons. The van der Waals surface area contributed by atoms with Crippen molar-refractivity contribution in [3.05, 3.63) is 83.9 Å². The summed E-state index contributed by atoms with van der Waals surface area (Å²) in [5.74, 6) is -0.0453. The van der Waals surface area contributed by atoms with Crippen molar-refractivity contribution >= 4 is 16.7 Å². The Labute approximate surface area is 124 Å². The van der Waals surface area contributed by atoms with E-state index in [2.05, 4.69) is 29.6 Å². The van der Waals surface area contributed by atoms with E-state index in [0.717, 1.165) is 5.56 Å². The maximum Gasteiger partial charge on any atom is 0.251 e. The Morgan fingerprint density at radius 1 is 0.857 bits per heavy atom. The lowest BCUT2D eigenvalue weighted by atomic mass is 9.99. The van der Waals surface area contributed by atoms with E-state index in [1.54, 1.807) is 0 Å². The summed E-state index contributed by atoms with van der Waals surface area (Å²) in [5.41, 5.74) is 1.82. The second kappa shape index (κ2) is 5.80. The number of benzene rings is 3. The van der Waals surface area contributed by atoms with Crippen LogP contribution in [0.25, 0.3) is 10.8 Å². The first-order valence-corrected chi connectivity index (χ1v) is 7.09. The summed E-state index contributed by atoms with van der Waals surface area (Å²) in [6, 6.07) is 23.7. The van der Waals surface area contributed by atoms with Crippen LogP contribution < -0.4 is 5.32 Å². The average molecular weight is 275 g/mol. The highest BCUT2D eigenvalue weighted by atomic mass is 16.1. The van der Waals surface area contributed by atoms with Crippen LogP contribution in [0, 0.1) is 0 Å². The predicted octanol–water partition coefficient (Wildman–Crippen LogP) is 4.33. The number of hydrogen-bond acceptors (Lipinski definition) is 1. The van der Waals surface area contributed by atoms with Gasteiger partial charge in [-0.1, -0.05) is 60.7 Å². The van der Waals surface area contributed by atoms with Crippen LogP contribution in [0.3, 0.4) is 0 Å². The minimum atomic E-state index is -0.0453. The Morgan fingerprint density at radius 3 is 2.33 bits per heavy atom. The number of fused-ring (bicyclic) bond motifs is 1. The fourth-order valence-electron chi connectivity index (χ4n) is 2.58. The Balaban J connectivity index is 1.88. The van der Waals surface area contributed by atoms with Gasteiger partial charge in [0.2, 0.25) is 0 Å². The largest absolute Gasteiger partial charge is 0.345 e. The van der Waals surface area contributed by atoms with Gasteiger partial charge in [0, 0.05) is 5.56 Å². The number of rotatable bonds is 3. The smallest absolute Gasteiger partial charge is 0.251 e. The van der Waals surface area contributed by atoms with Gasteiger partial charge in [-0.25, -0.2) is 0 Å². The molecule has 0 aliphatic rings. The lowest BCUT2D eigenvalue weighted by Crippen LogP contribution is -2.26. The Hall–Kier alpha value is -2.61. The van der Waals surface area contributed by atoms with E-state index in [1.807, 2.05) is 55.5 Å². The van der Waals surface area contributed by atoms with E-state index in [0.29, 0.717) is 5.56 Å². The summed E-state index contributed by atoms with van der Waals surface area (Å²) in [6.07, 6.45) is 0. The second-order valence-electron chi connectivity index (χ2n) is 5.13. The summed E-state index contributed by atoms with van der Waals surface area (Å²) in [4.78, 5) is 12.3. The van der Waals surface area contributed by atoms with Gasteiger partial charge in [-0.2, -0.15) is 0 Å². The molecule has 0 aliphatic carbocycles. The topological polar surface area (TPSA) is 29.1 Å². The Kier molecular flexibility index (Phi) is 3.69. The third-order valence-electron chi connectivity index (χ3n) is 3.67. The molecule has 0 fully saturated rings. The first kappa shape index (κ1) is 13.4. The zero-order chi connectivity index (χ0) is 14.7. The van der Waals surface area contributed by atoms with Crippen LogP contribution in [0.2, 0.25) is 0 Å². The Morgan fingerprint density at radius 2 is 1.52 bits per heavy atom. The maximum atomic E-state index is 12.3. The second-order valence-corrected chi connectivity index (χ2v) is 5.13. The molecule has 1 unspecified atom stereocenters. The normalized spacial score (nSPS) is 12.0. The lowest BCUT2D eigenvalue weighted by Gasteiger charge is -2.16. The monoisotopic (exact) mass is 275 g/mol. The third-order valence-corrected chi connectivity index (χ3v) is 3.67. The van der Waals surface area contributed by atoms with Gasteiger partial charge in [0.05, 0.1) is 6.04 Å². The molecular formula is C19H17NO. The number of carbonyl (C=O) groups is 1. The first-order valence-electron chi connectivity index (χ1n) is 7.09. The van der Waals surface area contributed by atoms with E-state index < -0.39 is 0 Å². The minimum Gasteiger partial charge on any atom is -0.345 e. The summed E-state index contributed by atoms with van der Waals surface area (Å²) in [7, 11) is 0. The van der Waals surface area contributed by atoms with Crippen molar-refractivity contribution in [2.75, 3.05) is 0 Å². The van der Waals surface area contributed by atoms with Gasteiger partial charge in [0.25, 0.3) is 5.91 Å². The molecule has 21 heavy (non-hydrogen) atoms. The fourth-order valence-corrected chi connectivity index (χ4v) is 2.58. The van der Waals surface area contributed by atoms with Crippen molar-refractivity contribution in [2.24, 2.45) is 0 Å². The minimum absolute atomic E-state index is 0.0381. The highest BCUT2D eigenvalue weighted by molar-refractivity contribution is 5.95. The molecule has 3 aromatic rings. The summed E-state index contributed by atoms with van der Waals surface area (Å²) < 4.78 is 0. The molecule has 1 N–H and O–H groups in total. The number of carbonyl (C=O) groups excluding carboxylic acids is 1. The SMILES string of the molecule is CC(NC(=O)c1ccccc1)c1cccc2ccccc12. The molecule has 0 saturated heterocycles. The van der Waals surface area contributed by atoms with Crippen LogP contribution in [-0.4, -0.2) is 5.91 Å². The van der Waals surface area contributed by atoms with Crippen LogP contribution in [0.4, 0.5) is 0 Å². The molecule has 0 saturated carbocycles.